The van der Waals surface area contributed by atoms with Crippen molar-refractivity contribution < 1.29 is 28.8 Å². The average molecular weight is 563 g/mol. The molecule has 214 valence electrons. The highest BCUT2D eigenvalue weighted by Crippen LogP contribution is 2.47. The number of rotatable bonds is 8. The first-order chi connectivity index (χ1) is 19.7. The lowest BCUT2D eigenvalue weighted by Crippen LogP contribution is -2.52. The molecule has 5 atom stereocenters. The fourth-order valence-electron chi connectivity index (χ4n) is 5.59. The first kappa shape index (κ1) is 28.3. The lowest BCUT2D eigenvalue weighted by molar-refractivity contribution is -0.0984. The summed E-state index contributed by atoms with van der Waals surface area (Å²) in [7, 11) is 3.09. The topological polar surface area (TPSA) is 123 Å². The van der Waals surface area contributed by atoms with E-state index in [-0.39, 0.29) is 5.56 Å². The van der Waals surface area contributed by atoms with Crippen LogP contribution in [0.5, 0.6) is 11.5 Å². The number of hydrogen-bond donors (Lipinski definition) is 3. The Balaban J connectivity index is 1.71. The number of halogens is 1. The van der Waals surface area contributed by atoms with Crippen LogP contribution in [0.1, 0.15) is 28.5 Å². The molecule has 10 heteroatoms. The molecule has 5 rings (SSSR count). The molecule has 4 aromatic rings. The molecule has 41 heavy (non-hydrogen) atoms. The van der Waals surface area contributed by atoms with Gasteiger partial charge in [-0.25, -0.2) is 9.18 Å². The summed E-state index contributed by atoms with van der Waals surface area (Å²) >= 11 is 0. The second-order valence-corrected chi connectivity index (χ2v) is 9.98. The zero-order valence-corrected chi connectivity index (χ0v) is 22.7. The van der Waals surface area contributed by atoms with E-state index in [2.05, 4.69) is 4.98 Å². The maximum atomic E-state index is 15.7. The molecule has 2 heterocycles. The molecule has 1 aliphatic rings. The number of nitrogens with one attached hydrogen (secondary N) is 1. The zero-order valence-electron chi connectivity index (χ0n) is 22.7. The molecule has 9 nitrogen and oxygen atoms in total. The minimum Gasteiger partial charge on any atom is -0.497 e. The standard InChI is InChI=1S/C31H31FN2O7/c1-18-17-34(30(38)33-28(18)37)29-24(32)25(35)26(41-29)27(36)31(19-7-5-4-6-8-19,20-9-13-22(39-2)14-10-20)21-11-15-23(40-3)16-12-21/h4-17,24-27,29,35-36H,1-3H3,(H,33,37,38)/t24-,25+,26+,27?,29-/m1/s1. The number of alkyl halides is 1. The smallest absolute Gasteiger partial charge is 0.330 e. The van der Waals surface area contributed by atoms with E-state index in [1.165, 1.54) is 13.1 Å². The van der Waals surface area contributed by atoms with Crippen LogP contribution in [-0.2, 0) is 10.2 Å². The first-order valence-electron chi connectivity index (χ1n) is 13.0. The van der Waals surface area contributed by atoms with Crippen LogP contribution >= 0.6 is 0 Å². The zero-order chi connectivity index (χ0) is 29.3. The van der Waals surface area contributed by atoms with Crippen molar-refractivity contribution in [3.8, 4) is 11.5 Å². The number of aliphatic hydroxyl groups is 2. The summed E-state index contributed by atoms with van der Waals surface area (Å²) in [6, 6.07) is 23.3. The highest BCUT2D eigenvalue weighted by molar-refractivity contribution is 5.54. The minimum absolute atomic E-state index is 0.161. The second-order valence-electron chi connectivity index (χ2n) is 9.98. The van der Waals surface area contributed by atoms with Gasteiger partial charge in [0.25, 0.3) is 5.56 Å². The second kappa shape index (κ2) is 11.3. The molecule has 0 aliphatic carbocycles. The number of benzene rings is 3. The van der Waals surface area contributed by atoms with Crippen molar-refractivity contribution in [2.45, 2.75) is 43.1 Å². The lowest BCUT2D eigenvalue weighted by Gasteiger charge is -2.42. The molecule has 1 saturated heterocycles. The van der Waals surface area contributed by atoms with Crippen LogP contribution in [0.25, 0.3) is 0 Å². The Morgan fingerprint density at radius 2 is 1.41 bits per heavy atom. The third-order valence-electron chi connectivity index (χ3n) is 7.73. The van der Waals surface area contributed by atoms with E-state index in [9.17, 15) is 19.8 Å². The molecule has 1 aromatic heterocycles. The molecule has 1 unspecified atom stereocenters. The summed E-state index contributed by atoms with van der Waals surface area (Å²) in [5.74, 6) is 1.18. The van der Waals surface area contributed by atoms with Crippen molar-refractivity contribution in [3.05, 3.63) is 128 Å². The summed E-state index contributed by atoms with van der Waals surface area (Å²) in [6.45, 7) is 1.47. The molecule has 0 spiro atoms. The van der Waals surface area contributed by atoms with Gasteiger partial charge in [-0.3, -0.25) is 14.3 Å². The summed E-state index contributed by atoms with van der Waals surface area (Å²) in [4.78, 5) is 26.6. The molecule has 3 aromatic carbocycles. The summed E-state index contributed by atoms with van der Waals surface area (Å²) in [5.41, 5.74) is -0.841. The van der Waals surface area contributed by atoms with E-state index >= 15 is 4.39 Å². The van der Waals surface area contributed by atoms with Crippen molar-refractivity contribution in [2.24, 2.45) is 0 Å². The third-order valence-corrected chi connectivity index (χ3v) is 7.73. The number of aromatic amines is 1. The predicted octanol–water partition coefficient (Wildman–Crippen LogP) is 2.85. The molecule has 0 saturated carbocycles. The van der Waals surface area contributed by atoms with E-state index in [1.807, 2.05) is 30.3 Å². The molecule has 0 amide bonds. The van der Waals surface area contributed by atoms with Crippen LogP contribution in [0.15, 0.2) is 94.6 Å². The van der Waals surface area contributed by atoms with Crippen LogP contribution in [0, 0.1) is 6.92 Å². The van der Waals surface area contributed by atoms with Crippen LogP contribution in [-0.4, -0.2) is 58.5 Å². The number of methoxy groups -OCH3 is 2. The minimum atomic E-state index is -2.09. The maximum absolute atomic E-state index is 15.7. The number of aliphatic hydroxyl groups excluding tert-OH is 2. The molecule has 0 bridgehead atoms. The van der Waals surface area contributed by atoms with Gasteiger partial charge in [0.2, 0.25) is 0 Å². The molecular formula is C31H31FN2O7. The van der Waals surface area contributed by atoms with Crippen LogP contribution in [0.2, 0.25) is 0 Å². The van der Waals surface area contributed by atoms with Gasteiger partial charge in [-0.15, -0.1) is 0 Å². The molecule has 0 radical (unpaired) electrons. The summed E-state index contributed by atoms with van der Waals surface area (Å²) in [5, 5.41) is 23.5. The number of ether oxygens (including phenoxy) is 3. The normalized spacial score (nSPS) is 21.4. The van der Waals surface area contributed by atoms with Gasteiger partial charge < -0.3 is 24.4 Å². The largest absolute Gasteiger partial charge is 0.497 e. The third kappa shape index (κ3) is 4.84. The van der Waals surface area contributed by atoms with E-state index in [1.54, 1.807) is 62.8 Å². The lowest BCUT2D eigenvalue weighted by atomic mass is 9.64. The summed E-state index contributed by atoms with van der Waals surface area (Å²) in [6.07, 6.45) is -7.36. The average Bonchev–Trinajstić information content (AvgIpc) is 3.30. The van der Waals surface area contributed by atoms with E-state index < -0.39 is 47.4 Å². The van der Waals surface area contributed by atoms with Gasteiger partial charge in [-0.1, -0.05) is 54.6 Å². The van der Waals surface area contributed by atoms with Gasteiger partial charge in [-0.2, -0.15) is 0 Å². The molecular weight excluding hydrogens is 531 g/mol. The Kier molecular flexibility index (Phi) is 7.81. The molecule has 1 aliphatic heterocycles. The van der Waals surface area contributed by atoms with Crippen molar-refractivity contribution in [1.82, 2.24) is 9.55 Å². The van der Waals surface area contributed by atoms with Gasteiger partial charge >= 0.3 is 5.69 Å². The van der Waals surface area contributed by atoms with Gasteiger partial charge in [0.1, 0.15) is 29.8 Å². The quantitative estimate of drug-likeness (QED) is 0.282. The van der Waals surface area contributed by atoms with Gasteiger partial charge in [0, 0.05) is 11.8 Å². The highest BCUT2D eigenvalue weighted by atomic mass is 19.1. The Hall–Kier alpha value is -4.25. The predicted molar refractivity (Wildman–Crippen MR) is 149 cm³/mol. The van der Waals surface area contributed by atoms with Gasteiger partial charge in [0.05, 0.1) is 19.6 Å². The number of aromatic nitrogens is 2. The number of hydrogen-bond acceptors (Lipinski definition) is 7. The monoisotopic (exact) mass is 562 g/mol. The first-order valence-corrected chi connectivity index (χ1v) is 13.0. The van der Waals surface area contributed by atoms with Crippen LogP contribution in [0.4, 0.5) is 4.39 Å². The summed E-state index contributed by atoms with van der Waals surface area (Å²) < 4.78 is 33.3. The molecule has 3 N–H and O–H groups in total. The molecule has 1 fully saturated rings. The highest BCUT2D eigenvalue weighted by Gasteiger charge is 2.56. The van der Waals surface area contributed by atoms with E-state index in [0.29, 0.717) is 28.2 Å². The number of nitrogens with zero attached hydrogens (tertiary/aromatic N) is 1. The van der Waals surface area contributed by atoms with E-state index in [4.69, 9.17) is 14.2 Å². The van der Waals surface area contributed by atoms with Crippen molar-refractivity contribution >= 4 is 0 Å². The van der Waals surface area contributed by atoms with Crippen molar-refractivity contribution in [3.63, 3.8) is 0 Å². The van der Waals surface area contributed by atoms with Gasteiger partial charge in [-0.05, 0) is 47.9 Å². The fourth-order valence-corrected chi connectivity index (χ4v) is 5.59. The SMILES string of the molecule is COc1ccc(C(c2ccccc2)(c2ccc(OC)cc2)C(O)[C@H]2O[C@@H](n3cc(C)c(=O)[nH]c3=O)[C@H](F)[C@@H]2O)cc1. The Bertz CT molecular complexity index is 1560. The Morgan fingerprint density at radius 3 is 1.93 bits per heavy atom. The van der Waals surface area contributed by atoms with Gasteiger partial charge in [0.15, 0.2) is 12.4 Å². The fraction of sp³-hybridized carbons (Fsp3) is 0.290. The Morgan fingerprint density at radius 1 is 0.902 bits per heavy atom. The Labute approximate surface area is 235 Å². The van der Waals surface area contributed by atoms with Crippen LogP contribution in [0.3, 0.4) is 0 Å². The number of aryl methyl sites for hydroxylation is 1. The number of H-pyrrole nitrogens is 1. The van der Waals surface area contributed by atoms with Crippen LogP contribution < -0.4 is 20.7 Å². The maximum Gasteiger partial charge on any atom is 0.330 e. The van der Waals surface area contributed by atoms with Crippen molar-refractivity contribution in [1.29, 1.82) is 0 Å². The van der Waals surface area contributed by atoms with E-state index in [0.717, 1.165) is 4.57 Å². The van der Waals surface area contributed by atoms with Crippen molar-refractivity contribution in [2.75, 3.05) is 14.2 Å².